The molecule has 58 heavy (non-hydrogen) atoms. The molecule has 2 saturated carbocycles. The van der Waals surface area contributed by atoms with Crippen LogP contribution in [0.25, 0.3) is 10.9 Å². The van der Waals surface area contributed by atoms with Gasteiger partial charge in [0.2, 0.25) is 21.8 Å². The van der Waals surface area contributed by atoms with E-state index in [0.29, 0.717) is 62.8 Å². The molecule has 1 saturated heterocycles. The van der Waals surface area contributed by atoms with Crippen molar-refractivity contribution >= 4 is 44.7 Å². The largest absolute Gasteiger partial charge is 0.494 e. The number of hydrogen-bond acceptors (Lipinski definition) is 9. The first kappa shape index (κ1) is 43.0. The van der Waals surface area contributed by atoms with Gasteiger partial charge in [-0.25, -0.2) is 13.2 Å². The number of aromatic nitrogens is 1. The zero-order valence-electron chi connectivity index (χ0n) is 33.5. The van der Waals surface area contributed by atoms with E-state index in [2.05, 4.69) is 15.0 Å². The van der Waals surface area contributed by atoms with Crippen molar-refractivity contribution in [2.45, 2.75) is 127 Å². The molecule has 1 aromatic carbocycles. The Hall–Kier alpha value is -4.61. The number of benzene rings is 1. The molecule has 2 aromatic rings. The monoisotopic (exact) mass is 835 g/mol. The van der Waals surface area contributed by atoms with Gasteiger partial charge in [-0.1, -0.05) is 26.0 Å². The molecular formula is C40H52F3N5O9S. The van der Waals surface area contributed by atoms with Gasteiger partial charge in [0.05, 0.1) is 29.6 Å². The van der Waals surface area contributed by atoms with Gasteiger partial charge >= 0.3 is 12.3 Å². The average molecular weight is 836 g/mol. The van der Waals surface area contributed by atoms with Gasteiger partial charge in [0, 0.05) is 17.7 Å². The van der Waals surface area contributed by atoms with E-state index in [-0.39, 0.29) is 42.4 Å². The van der Waals surface area contributed by atoms with Crippen LogP contribution in [0.4, 0.5) is 18.0 Å². The molecule has 2 aliphatic heterocycles. The number of nitrogens with one attached hydrogen (secondary N) is 2. The van der Waals surface area contributed by atoms with Crippen LogP contribution < -0.4 is 19.5 Å². The highest BCUT2D eigenvalue weighted by Gasteiger charge is 2.64. The van der Waals surface area contributed by atoms with E-state index in [1.807, 2.05) is 19.9 Å². The number of allylic oxidation sites excluding steroid dienone is 1. The lowest BCUT2D eigenvalue weighted by Crippen LogP contribution is -2.66. The summed E-state index contributed by atoms with van der Waals surface area (Å²) in [5.41, 5.74) is -4.10. The Morgan fingerprint density at radius 2 is 1.81 bits per heavy atom. The zero-order chi connectivity index (χ0) is 42.6. The van der Waals surface area contributed by atoms with E-state index in [1.54, 1.807) is 30.3 Å². The lowest BCUT2D eigenvalue weighted by atomic mass is 9.85. The average Bonchev–Trinajstić information content (AvgIpc) is 4.01. The van der Waals surface area contributed by atoms with Crippen LogP contribution in [0.5, 0.6) is 11.5 Å². The highest BCUT2D eigenvalue weighted by Crippen LogP contribution is 2.48. The number of sulfonamides is 1. The van der Waals surface area contributed by atoms with Crippen LogP contribution >= 0.6 is 0 Å². The molecule has 0 spiro atoms. The second-order valence-corrected chi connectivity index (χ2v) is 19.3. The van der Waals surface area contributed by atoms with E-state index < -0.39 is 85.9 Å². The Morgan fingerprint density at radius 3 is 2.45 bits per heavy atom. The van der Waals surface area contributed by atoms with E-state index >= 15 is 0 Å². The van der Waals surface area contributed by atoms with Gasteiger partial charge in [0.1, 0.15) is 40.8 Å². The second-order valence-electron chi connectivity index (χ2n) is 17.1. The number of carboxylic acid groups (broad SMARTS) is 1. The Balaban J connectivity index is 1.40. The third-order valence-electron chi connectivity index (χ3n) is 12.2. The normalized spacial score (nSPS) is 28.9. The fraction of sp³-hybridized carbons (Fsp3) is 0.625. The van der Waals surface area contributed by atoms with E-state index in [4.69, 9.17) is 9.47 Å². The number of halogens is 3. The predicted octanol–water partition coefficient (Wildman–Crippen LogP) is 5.56. The van der Waals surface area contributed by atoms with Crippen molar-refractivity contribution < 1.29 is 55.3 Å². The minimum Gasteiger partial charge on any atom is -0.494 e. The van der Waals surface area contributed by atoms with E-state index in [9.17, 15) is 45.9 Å². The van der Waals surface area contributed by atoms with Gasteiger partial charge in [0.25, 0.3) is 5.91 Å². The molecule has 6 rings (SSSR count). The Bertz CT molecular complexity index is 2090. The van der Waals surface area contributed by atoms with Crippen LogP contribution in [0.15, 0.2) is 42.6 Å². The molecule has 18 heteroatoms. The molecule has 3 fully saturated rings. The molecule has 318 valence electrons. The third kappa shape index (κ3) is 8.30. The summed E-state index contributed by atoms with van der Waals surface area (Å²) in [6, 6.07) is 3.64. The van der Waals surface area contributed by atoms with Crippen LogP contribution in [0.2, 0.25) is 0 Å². The molecule has 4 aliphatic rings. The van der Waals surface area contributed by atoms with Gasteiger partial charge in [-0.15, -0.1) is 0 Å². The van der Waals surface area contributed by atoms with Gasteiger partial charge in [-0.05, 0) is 102 Å². The summed E-state index contributed by atoms with van der Waals surface area (Å²) < 4.78 is 83.3. The first-order valence-electron chi connectivity index (χ1n) is 19.7. The summed E-state index contributed by atoms with van der Waals surface area (Å²) in [5.74, 6) is -3.72. The molecule has 3 heterocycles. The van der Waals surface area contributed by atoms with Gasteiger partial charge in [0.15, 0.2) is 0 Å². The lowest BCUT2D eigenvalue weighted by molar-refractivity contribution is -0.222. The van der Waals surface area contributed by atoms with Crippen LogP contribution in [0, 0.1) is 17.8 Å². The minimum absolute atomic E-state index is 0.0577. The number of carbonyl (C=O) groups excluding carboxylic acids is 3. The maximum atomic E-state index is 15.0. The Labute approximate surface area is 335 Å². The van der Waals surface area contributed by atoms with Crippen molar-refractivity contribution in [3.63, 3.8) is 0 Å². The molecule has 4 amide bonds. The zero-order valence-corrected chi connectivity index (χ0v) is 34.3. The molecule has 0 radical (unpaired) electrons. The number of rotatable bonds is 9. The fourth-order valence-electron chi connectivity index (χ4n) is 8.19. The van der Waals surface area contributed by atoms with Gasteiger partial charge < -0.3 is 24.8 Å². The van der Waals surface area contributed by atoms with Crippen molar-refractivity contribution in [1.82, 2.24) is 24.8 Å². The number of carbonyl (C=O) groups is 4. The summed E-state index contributed by atoms with van der Waals surface area (Å²) in [7, 11) is -4.11. The standard InChI is InChI=1S/C40H52F3N5O9S/c1-7-56-27-12-13-30-25(17-27)18-28(21-44-30)57-29-19-31-33(49)45-39(35(51)46-58(54,55)38(6)14-15-38)20-26(39)11-9-8-10-23(2)16-24(3)32(34(50)47(31)22-29)48(36(52)53)37(4,5)40(41,42)43/h9,11-13,17-18,21,23-24,26,29,31-32H,7-8,10,14-16,19-20,22H2,1-6H3,(H,45,49)(H,46,51)(H,52,53)/t23-,24-,26-,29-,31+,32+,39-/m1/s1. The van der Waals surface area contributed by atoms with Gasteiger partial charge in [-0.3, -0.25) is 29.0 Å². The first-order valence-corrected chi connectivity index (χ1v) is 21.2. The number of amides is 4. The molecule has 14 nitrogen and oxygen atoms in total. The maximum Gasteiger partial charge on any atom is 0.411 e. The summed E-state index contributed by atoms with van der Waals surface area (Å²) in [4.78, 5) is 61.9. The number of hydrogen-bond donors (Lipinski definition) is 3. The summed E-state index contributed by atoms with van der Waals surface area (Å²) in [6.45, 7) is 8.23. The summed E-state index contributed by atoms with van der Waals surface area (Å²) in [5, 5.41) is 13.8. The quantitative estimate of drug-likeness (QED) is 0.271. The van der Waals surface area contributed by atoms with E-state index in [0.717, 1.165) is 4.90 Å². The SMILES string of the molecule is CCOc1ccc2ncc(O[C@@H]3C[C@H]4C(=O)N[C@]5(C(=O)NS(=O)(=O)C6(C)CC6)C[C@H]5C=CCC[C@@H](C)C[C@@H](C)[C@H](N(C(=O)O)C(C)(C)C(F)(F)F)C(=O)N4C3)cc2c1. The fourth-order valence-corrected chi connectivity index (χ4v) is 9.50. The maximum absolute atomic E-state index is 15.0. The van der Waals surface area contributed by atoms with Crippen molar-refractivity contribution in [3.05, 3.63) is 42.6 Å². The molecule has 0 bridgehead atoms. The summed E-state index contributed by atoms with van der Waals surface area (Å²) >= 11 is 0. The van der Waals surface area contributed by atoms with Crippen LogP contribution in [0.3, 0.4) is 0 Å². The smallest absolute Gasteiger partial charge is 0.411 e. The van der Waals surface area contributed by atoms with Crippen molar-refractivity contribution in [2.24, 2.45) is 17.8 Å². The number of nitrogens with zero attached hydrogens (tertiary/aromatic N) is 3. The van der Waals surface area contributed by atoms with E-state index in [1.165, 1.54) is 20.0 Å². The Kier molecular flexibility index (Phi) is 11.5. The molecule has 2 aliphatic carbocycles. The predicted molar refractivity (Wildman–Crippen MR) is 206 cm³/mol. The lowest BCUT2D eigenvalue weighted by Gasteiger charge is -2.45. The van der Waals surface area contributed by atoms with Crippen molar-refractivity contribution in [3.8, 4) is 11.5 Å². The molecule has 3 N–H and O–H groups in total. The number of pyridine rings is 1. The Morgan fingerprint density at radius 1 is 1.12 bits per heavy atom. The molecule has 0 unspecified atom stereocenters. The molecule has 1 aromatic heterocycles. The van der Waals surface area contributed by atoms with Crippen molar-refractivity contribution in [1.29, 1.82) is 0 Å². The summed E-state index contributed by atoms with van der Waals surface area (Å²) in [6.07, 6.45) is -1.27. The van der Waals surface area contributed by atoms with Crippen LogP contribution in [-0.4, -0.2) is 105 Å². The van der Waals surface area contributed by atoms with Gasteiger partial charge in [-0.2, -0.15) is 13.2 Å². The number of fused-ring (bicyclic) bond motifs is 3. The molecular weight excluding hydrogens is 784 g/mol. The number of alkyl halides is 3. The highest BCUT2D eigenvalue weighted by atomic mass is 32.2. The second kappa shape index (κ2) is 15.5. The molecule has 7 atom stereocenters. The van der Waals surface area contributed by atoms with Crippen molar-refractivity contribution in [2.75, 3.05) is 13.2 Å². The first-order chi connectivity index (χ1) is 27.0. The van der Waals surface area contributed by atoms with Crippen LogP contribution in [0.1, 0.15) is 86.5 Å². The van der Waals surface area contributed by atoms with Crippen LogP contribution in [-0.2, 0) is 24.4 Å². The third-order valence-corrected chi connectivity index (χ3v) is 14.4. The topological polar surface area (TPSA) is 185 Å². The number of ether oxygens (including phenoxy) is 2. The minimum atomic E-state index is -5.09. The highest BCUT2D eigenvalue weighted by molar-refractivity contribution is 7.91.